The molecule has 0 saturated carbocycles. The van der Waals surface area contributed by atoms with Crippen molar-refractivity contribution in [3.8, 4) is 0 Å². The summed E-state index contributed by atoms with van der Waals surface area (Å²) in [4.78, 5) is 28.9. The van der Waals surface area contributed by atoms with Crippen LogP contribution in [0.3, 0.4) is 0 Å². The molecule has 0 bridgehead atoms. The van der Waals surface area contributed by atoms with Crippen LogP contribution >= 0.6 is 15.9 Å². The quantitative estimate of drug-likeness (QED) is 0.678. The van der Waals surface area contributed by atoms with Crippen molar-refractivity contribution in [3.63, 3.8) is 0 Å². The Bertz CT molecular complexity index is 720. The van der Waals surface area contributed by atoms with E-state index in [0.29, 0.717) is 18.4 Å². The fourth-order valence-corrected chi connectivity index (χ4v) is 3.43. The van der Waals surface area contributed by atoms with Crippen molar-refractivity contribution in [1.82, 2.24) is 9.80 Å². The molecule has 1 aliphatic heterocycles. The lowest BCUT2D eigenvalue weighted by molar-refractivity contribution is -0.127. The van der Waals surface area contributed by atoms with Gasteiger partial charge in [-0.2, -0.15) is 0 Å². The predicted octanol–water partition coefficient (Wildman–Crippen LogP) is 4.36. The van der Waals surface area contributed by atoms with Gasteiger partial charge in [0.2, 0.25) is 0 Å². The van der Waals surface area contributed by atoms with Gasteiger partial charge in [-0.25, -0.2) is 9.69 Å². The van der Waals surface area contributed by atoms with Gasteiger partial charge in [-0.1, -0.05) is 28.1 Å². The van der Waals surface area contributed by atoms with Crippen molar-refractivity contribution in [2.75, 3.05) is 14.1 Å². The highest BCUT2D eigenvalue weighted by atomic mass is 79.9. The van der Waals surface area contributed by atoms with E-state index in [1.165, 1.54) is 4.90 Å². The zero-order chi connectivity index (χ0) is 19.7. The van der Waals surface area contributed by atoms with Crippen LogP contribution in [-0.2, 0) is 16.0 Å². The molecule has 1 unspecified atom stereocenters. The van der Waals surface area contributed by atoms with Gasteiger partial charge in [0.05, 0.1) is 5.54 Å². The van der Waals surface area contributed by atoms with Gasteiger partial charge in [0.1, 0.15) is 5.60 Å². The largest absolute Gasteiger partial charge is 0.443 e. The van der Waals surface area contributed by atoms with Crippen LogP contribution < -0.4 is 0 Å². The standard InChI is InChI=1S/C20H27BrN2O3/c1-19(2,3)26-18(25)23-17(24)15(13-22(5)6)12-20(23,4)11-14-7-9-16(21)10-8-14/h7-10,13H,11-12H2,1-6H3. The Labute approximate surface area is 164 Å². The normalized spacial score (nSPS) is 22.0. The van der Waals surface area contributed by atoms with Gasteiger partial charge in [-0.05, 0) is 51.8 Å². The molecule has 0 radical (unpaired) electrons. The van der Waals surface area contributed by atoms with Crippen LogP contribution in [0.15, 0.2) is 40.5 Å². The van der Waals surface area contributed by atoms with Gasteiger partial charge < -0.3 is 9.64 Å². The highest BCUT2D eigenvalue weighted by Gasteiger charge is 2.49. The number of nitrogens with zero attached hydrogens (tertiary/aromatic N) is 2. The number of ether oxygens (including phenoxy) is 1. The molecule has 6 heteroatoms. The molecule has 0 N–H and O–H groups in total. The number of benzene rings is 1. The zero-order valence-electron chi connectivity index (χ0n) is 16.3. The second kappa shape index (κ2) is 7.43. The smallest absolute Gasteiger partial charge is 0.417 e. The molecular formula is C20H27BrN2O3. The van der Waals surface area contributed by atoms with E-state index in [1.807, 2.05) is 50.2 Å². The second-order valence-electron chi connectivity index (χ2n) is 8.22. The molecule has 0 aromatic heterocycles. The van der Waals surface area contributed by atoms with Crippen molar-refractivity contribution in [2.24, 2.45) is 0 Å². The third-order valence-electron chi connectivity index (χ3n) is 4.08. The molecule has 1 saturated heterocycles. The van der Waals surface area contributed by atoms with Crippen LogP contribution in [-0.4, -0.2) is 47.0 Å². The van der Waals surface area contributed by atoms with Crippen molar-refractivity contribution in [1.29, 1.82) is 0 Å². The SMILES string of the molecule is CN(C)C=C1CC(C)(Cc2ccc(Br)cc2)N(C(=O)OC(C)(C)C)C1=O. The van der Waals surface area contributed by atoms with E-state index in [4.69, 9.17) is 4.74 Å². The number of hydrogen-bond acceptors (Lipinski definition) is 4. The molecule has 1 fully saturated rings. The minimum Gasteiger partial charge on any atom is -0.443 e. The van der Waals surface area contributed by atoms with Gasteiger partial charge in [0, 0.05) is 36.8 Å². The van der Waals surface area contributed by atoms with E-state index < -0.39 is 17.2 Å². The fourth-order valence-electron chi connectivity index (χ4n) is 3.16. The maximum Gasteiger partial charge on any atom is 0.417 e. The second-order valence-corrected chi connectivity index (χ2v) is 9.13. The number of halogens is 1. The molecule has 1 aromatic carbocycles. The Morgan fingerprint density at radius 2 is 1.88 bits per heavy atom. The van der Waals surface area contributed by atoms with Gasteiger partial charge in [0.25, 0.3) is 5.91 Å². The van der Waals surface area contributed by atoms with Gasteiger partial charge in [0.15, 0.2) is 0 Å². The molecule has 142 valence electrons. The first-order chi connectivity index (χ1) is 11.9. The summed E-state index contributed by atoms with van der Waals surface area (Å²) in [5, 5.41) is 0. The lowest BCUT2D eigenvalue weighted by Crippen LogP contribution is -2.50. The summed E-state index contributed by atoms with van der Waals surface area (Å²) in [6.45, 7) is 7.34. The highest BCUT2D eigenvalue weighted by Crippen LogP contribution is 2.38. The summed E-state index contributed by atoms with van der Waals surface area (Å²) in [5.41, 5.74) is 0.336. The number of carbonyl (C=O) groups excluding carboxylic acids is 2. The van der Waals surface area contributed by atoms with Crippen LogP contribution in [0.5, 0.6) is 0 Å². The highest BCUT2D eigenvalue weighted by molar-refractivity contribution is 9.10. The molecular weight excluding hydrogens is 396 g/mol. The van der Waals surface area contributed by atoms with E-state index in [-0.39, 0.29) is 5.91 Å². The van der Waals surface area contributed by atoms with Crippen LogP contribution in [0, 0.1) is 0 Å². The van der Waals surface area contributed by atoms with Crippen molar-refractivity contribution < 1.29 is 14.3 Å². The van der Waals surface area contributed by atoms with Gasteiger partial charge in [-0.3, -0.25) is 4.79 Å². The third kappa shape index (κ3) is 4.87. The number of carbonyl (C=O) groups is 2. The fraction of sp³-hybridized carbons (Fsp3) is 0.500. The number of amides is 2. The summed E-state index contributed by atoms with van der Waals surface area (Å²) in [7, 11) is 3.73. The first-order valence-electron chi connectivity index (χ1n) is 8.60. The molecule has 1 aliphatic rings. The monoisotopic (exact) mass is 422 g/mol. The van der Waals surface area contributed by atoms with Crippen molar-refractivity contribution >= 4 is 27.9 Å². The first-order valence-corrected chi connectivity index (χ1v) is 9.40. The molecule has 0 spiro atoms. The summed E-state index contributed by atoms with van der Waals surface area (Å²) in [6, 6.07) is 7.93. The minimum atomic E-state index is -0.672. The van der Waals surface area contributed by atoms with Gasteiger partial charge >= 0.3 is 6.09 Å². The summed E-state index contributed by atoms with van der Waals surface area (Å²) in [6.07, 6.45) is 2.24. The Morgan fingerprint density at radius 1 is 1.31 bits per heavy atom. The van der Waals surface area contributed by atoms with Crippen LogP contribution in [0.4, 0.5) is 4.79 Å². The van der Waals surface area contributed by atoms with Gasteiger partial charge in [-0.15, -0.1) is 0 Å². The Morgan fingerprint density at radius 3 is 2.38 bits per heavy atom. The van der Waals surface area contributed by atoms with Crippen LogP contribution in [0.2, 0.25) is 0 Å². The number of likely N-dealkylation sites (tertiary alicyclic amines) is 1. The number of hydrogen-bond donors (Lipinski definition) is 0. The van der Waals surface area contributed by atoms with Crippen LogP contribution in [0.1, 0.15) is 39.7 Å². The van der Waals surface area contributed by atoms with E-state index in [1.54, 1.807) is 27.0 Å². The summed E-state index contributed by atoms with van der Waals surface area (Å²) >= 11 is 3.43. The Balaban J connectivity index is 2.39. The van der Waals surface area contributed by atoms with E-state index >= 15 is 0 Å². The number of imide groups is 1. The number of rotatable bonds is 3. The van der Waals surface area contributed by atoms with E-state index in [9.17, 15) is 9.59 Å². The topological polar surface area (TPSA) is 49.9 Å². The zero-order valence-corrected chi connectivity index (χ0v) is 17.9. The molecule has 26 heavy (non-hydrogen) atoms. The maximum atomic E-state index is 13.0. The third-order valence-corrected chi connectivity index (χ3v) is 4.61. The molecule has 1 atom stereocenters. The summed E-state index contributed by atoms with van der Waals surface area (Å²) in [5.74, 6) is -0.285. The average Bonchev–Trinajstić information content (AvgIpc) is 2.70. The molecule has 5 nitrogen and oxygen atoms in total. The molecule has 1 heterocycles. The van der Waals surface area contributed by atoms with Crippen LogP contribution in [0.25, 0.3) is 0 Å². The van der Waals surface area contributed by atoms with Crippen molar-refractivity contribution in [2.45, 2.75) is 51.7 Å². The molecule has 2 rings (SSSR count). The first kappa shape index (κ1) is 20.5. The maximum absolute atomic E-state index is 13.0. The molecule has 2 amide bonds. The lowest BCUT2D eigenvalue weighted by Gasteiger charge is -2.34. The minimum absolute atomic E-state index is 0.285. The molecule has 0 aliphatic carbocycles. The lowest BCUT2D eigenvalue weighted by atomic mass is 9.89. The van der Waals surface area contributed by atoms with Crippen molar-refractivity contribution in [3.05, 3.63) is 46.1 Å². The van der Waals surface area contributed by atoms with E-state index in [2.05, 4.69) is 15.9 Å². The van der Waals surface area contributed by atoms with E-state index in [0.717, 1.165) is 10.0 Å². The Kier molecular flexibility index (Phi) is 5.85. The average molecular weight is 423 g/mol. The predicted molar refractivity (Wildman–Crippen MR) is 106 cm³/mol. The summed E-state index contributed by atoms with van der Waals surface area (Å²) < 4.78 is 6.51. The Hall–Kier alpha value is -1.82. The molecule has 1 aromatic rings.